The van der Waals surface area contributed by atoms with Gasteiger partial charge in [-0.1, -0.05) is 20.8 Å². The van der Waals surface area contributed by atoms with Crippen molar-refractivity contribution in [1.82, 2.24) is 14.9 Å². The molecule has 2 saturated heterocycles. The smallest absolute Gasteiger partial charge is 0.414 e. The van der Waals surface area contributed by atoms with E-state index < -0.39 is 67.9 Å². The highest BCUT2D eigenvalue weighted by molar-refractivity contribution is 6.74. The molecule has 42 heavy (non-hydrogen) atoms. The molecule has 2 fully saturated rings. The van der Waals surface area contributed by atoms with Gasteiger partial charge in [-0.3, -0.25) is 20.0 Å². The number of carbonyl (C=O) groups excluding carboxylic acids is 3. The van der Waals surface area contributed by atoms with Gasteiger partial charge in [-0.05, 0) is 73.5 Å². The van der Waals surface area contributed by atoms with Crippen LogP contribution in [-0.4, -0.2) is 77.9 Å². The van der Waals surface area contributed by atoms with Crippen LogP contribution < -0.4 is 10.6 Å². The number of alkyl carbamates (subject to hydrolysis) is 1. The summed E-state index contributed by atoms with van der Waals surface area (Å²) in [5, 5.41) is 4.76. The normalized spacial score (nSPS) is 24.2. The van der Waals surface area contributed by atoms with Gasteiger partial charge >= 0.3 is 12.2 Å². The summed E-state index contributed by atoms with van der Waals surface area (Å²) >= 11 is 0. The van der Waals surface area contributed by atoms with E-state index in [-0.39, 0.29) is 23.2 Å². The van der Waals surface area contributed by atoms with E-state index in [1.165, 1.54) is 10.9 Å². The van der Waals surface area contributed by atoms with Gasteiger partial charge in [0.1, 0.15) is 29.5 Å². The molecule has 0 saturated carbocycles. The molecule has 0 radical (unpaired) electrons. The van der Waals surface area contributed by atoms with Gasteiger partial charge in [-0.15, -0.1) is 0 Å². The third-order valence-corrected chi connectivity index (χ3v) is 11.6. The molecule has 3 rings (SSSR count). The van der Waals surface area contributed by atoms with Crippen LogP contribution in [0.25, 0.3) is 0 Å². The maximum absolute atomic E-state index is 13.2. The molecule has 2 aliphatic rings. The second kappa shape index (κ2) is 11.5. The predicted octanol–water partition coefficient (Wildman–Crippen LogP) is 5.33. The third kappa shape index (κ3) is 8.31. The van der Waals surface area contributed by atoms with Gasteiger partial charge in [0.15, 0.2) is 31.8 Å². The zero-order valence-electron chi connectivity index (χ0n) is 27.2. The quantitative estimate of drug-likeness (QED) is 0.404. The lowest BCUT2D eigenvalue weighted by atomic mass is 10.1. The highest BCUT2D eigenvalue weighted by Crippen LogP contribution is 2.45. The fraction of sp³-hybridized carbons (Fsp3) is 0.786. The summed E-state index contributed by atoms with van der Waals surface area (Å²) in [4.78, 5) is 42.6. The largest absolute Gasteiger partial charge is 0.444 e. The van der Waals surface area contributed by atoms with Crippen molar-refractivity contribution in [1.29, 1.82) is 0 Å². The van der Waals surface area contributed by atoms with Crippen LogP contribution in [-0.2, 0) is 28.1 Å². The van der Waals surface area contributed by atoms with Crippen molar-refractivity contribution >= 4 is 32.2 Å². The Morgan fingerprint density at radius 3 is 2.05 bits per heavy atom. The Labute approximate surface area is 249 Å². The first-order valence-corrected chi connectivity index (χ1v) is 17.1. The second-order valence-corrected chi connectivity index (χ2v) is 19.4. The van der Waals surface area contributed by atoms with Crippen LogP contribution in [0.4, 0.5) is 15.4 Å². The van der Waals surface area contributed by atoms with Crippen molar-refractivity contribution < 1.29 is 42.5 Å². The molecular formula is C28H48N4O9Si. The monoisotopic (exact) mass is 612 g/mol. The Morgan fingerprint density at radius 1 is 0.952 bits per heavy atom. The number of nitrogens with zero attached hydrogens (tertiary/aromatic N) is 2. The lowest BCUT2D eigenvalue weighted by Crippen LogP contribution is -2.44. The zero-order valence-corrected chi connectivity index (χ0v) is 28.2. The highest BCUT2D eigenvalue weighted by atomic mass is 28.4. The fourth-order valence-corrected chi connectivity index (χ4v) is 5.24. The van der Waals surface area contributed by atoms with Crippen molar-refractivity contribution in [3.63, 3.8) is 0 Å². The molecule has 0 spiro atoms. The average Bonchev–Trinajstić information content (AvgIpc) is 3.39. The third-order valence-electron chi connectivity index (χ3n) is 7.06. The standard InChI is InChI=1S/C28H48N4O9Si/c1-25(2,3)40-23(34)30-20-17(21(33)31-24(35)41-26(4,5)6)29-15-32(20)22-19-18(38-28(10,11)39-19)16(37-22)14-36-42(12,13)27(7,8)9/h15-16,18-19,22H,14H2,1-13H3,(H,30,34)(H,31,33,35)/t16-,18-,19-,22-/m1/s1. The summed E-state index contributed by atoms with van der Waals surface area (Å²) < 4.78 is 37.5. The van der Waals surface area contributed by atoms with Gasteiger partial charge in [0.05, 0.1) is 12.9 Å². The van der Waals surface area contributed by atoms with Crippen LogP contribution in [0.3, 0.4) is 0 Å². The lowest BCUT2D eigenvalue weighted by molar-refractivity contribution is -0.199. The number of imidazole rings is 1. The molecular weight excluding hydrogens is 564 g/mol. The first kappa shape index (κ1) is 34.0. The van der Waals surface area contributed by atoms with Gasteiger partial charge in [0, 0.05) is 0 Å². The number of amides is 3. The Morgan fingerprint density at radius 2 is 1.50 bits per heavy atom. The highest BCUT2D eigenvalue weighted by Gasteiger charge is 2.57. The van der Waals surface area contributed by atoms with Crippen LogP contribution in [0.1, 0.15) is 92.9 Å². The molecule has 3 amide bonds. The molecule has 1 aromatic rings. The number of hydrogen-bond donors (Lipinski definition) is 2. The molecule has 2 N–H and O–H groups in total. The summed E-state index contributed by atoms with van der Waals surface area (Å²) in [5.41, 5.74) is -1.89. The Balaban J connectivity index is 1.96. The molecule has 1 aromatic heterocycles. The van der Waals surface area contributed by atoms with E-state index in [0.29, 0.717) is 0 Å². The number of hydrogen-bond acceptors (Lipinski definition) is 10. The van der Waals surface area contributed by atoms with E-state index in [1.54, 1.807) is 41.5 Å². The van der Waals surface area contributed by atoms with Crippen molar-refractivity contribution in [3.05, 3.63) is 12.0 Å². The number of carbonyl (C=O) groups is 3. The fourth-order valence-electron chi connectivity index (χ4n) is 4.22. The van der Waals surface area contributed by atoms with Gasteiger partial charge in [-0.25, -0.2) is 14.6 Å². The lowest BCUT2D eigenvalue weighted by Gasteiger charge is -2.37. The molecule has 238 valence electrons. The van der Waals surface area contributed by atoms with Crippen LogP contribution in [0.2, 0.25) is 18.1 Å². The van der Waals surface area contributed by atoms with E-state index in [0.717, 1.165) is 0 Å². The maximum Gasteiger partial charge on any atom is 0.414 e. The van der Waals surface area contributed by atoms with Crippen molar-refractivity contribution in [3.8, 4) is 0 Å². The SMILES string of the molecule is CC(C)(C)OC(=O)NC(=O)c1ncn([C@@H]2O[C@H](CO[Si](C)(C)C(C)(C)C)[C@H]3OC(C)(C)O[C@H]32)c1NC(=O)OC(C)(C)C. The second-order valence-electron chi connectivity index (χ2n) is 14.6. The molecule has 0 unspecified atom stereocenters. The van der Waals surface area contributed by atoms with Crippen LogP contribution in [0, 0.1) is 0 Å². The number of aromatic nitrogens is 2. The number of imide groups is 1. The predicted molar refractivity (Wildman–Crippen MR) is 157 cm³/mol. The summed E-state index contributed by atoms with van der Waals surface area (Å²) in [7, 11) is -2.12. The van der Waals surface area contributed by atoms with E-state index in [4.69, 9.17) is 28.1 Å². The van der Waals surface area contributed by atoms with E-state index in [2.05, 4.69) is 49.5 Å². The molecule has 14 heteroatoms. The number of fused-ring (bicyclic) bond motifs is 1. The minimum absolute atomic E-state index is 0.0119. The summed E-state index contributed by atoms with van der Waals surface area (Å²) in [6, 6.07) is 0. The van der Waals surface area contributed by atoms with Crippen molar-refractivity contribution in [2.24, 2.45) is 0 Å². The summed E-state index contributed by atoms with van der Waals surface area (Å²) in [5.74, 6) is -1.85. The van der Waals surface area contributed by atoms with Crippen molar-refractivity contribution in [2.75, 3.05) is 11.9 Å². The molecule has 0 aromatic carbocycles. The first-order valence-electron chi connectivity index (χ1n) is 14.2. The Bertz CT molecular complexity index is 1180. The van der Waals surface area contributed by atoms with E-state index in [9.17, 15) is 14.4 Å². The number of ether oxygens (including phenoxy) is 5. The van der Waals surface area contributed by atoms with E-state index in [1.807, 2.05) is 13.8 Å². The Kier molecular flexibility index (Phi) is 9.32. The van der Waals surface area contributed by atoms with Gasteiger partial charge in [0.2, 0.25) is 0 Å². The van der Waals surface area contributed by atoms with Gasteiger partial charge < -0.3 is 28.1 Å². The number of rotatable bonds is 6. The first-order chi connectivity index (χ1) is 18.9. The van der Waals surface area contributed by atoms with Gasteiger partial charge in [0.25, 0.3) is 5.91 Å². The molecule has 13 nitrogen and oxygen atoms in total. The molecule has 0 bridgehead atoms. The minimum atomic E-state index is -2.12. The van der Waals surface area contributed by atoms with E-state index >= 15 is 0 Å². The minimum Gasteiger partial charge on any atom is -0.444 e. The van der Waals surface area contributed by atoms with Crippen molar-refractivity contribution in [2.45, 2.75) is 136 Å². The maximum atomic E-state index is 13.2. The average molecular weight is 613 g/mol. The molecule has 0 aliphatic carbocycles. The van der Waals surface area contributed by atoms with Crippen LogP contribution in [0.15, 0.2) is 6.33 Å². The number of anilines is 1. The summed E-state index contributed by atoms with van der Waals surface area (Å²) in [6.07, 6.45) is -2.93. The Hall–Kier alpha value is -2.52. The summed E-state index contributed by atoms with van der Waals surface area (Å²) in [6.45, 7) is 24.8. The zero-order chi connectivity index (χ0) is 32.1. The van der Waals surface area contributed by atoms with Crippen LogP contribution >= 0.6 is 0 Å². The van der Waals surface area contributed by atoms with Crippen LogP contribution in [0.5, 0.6) is 0 Å². The molecule has 2 aliphatic heterocycles. The topological polar surface area (TPSA) is 148 Å². The molecule has 4 atom stereocenters. The number of nitrogens with one attached hydrogen (secondary N) is 2. The molecule has 3 heterocycles. The van der Waals surface area contributed by atoms with Gasteiger partial charge in [-0.2, -0.15) is 0 Å².